The Morgan fingerprint density at radius 3 is 2.48 bits per heavy atom. The van der Waals surface area contributed by atoms with Gasteiger partial charge in [0.05, 0.1) is 13.2 Å². The Bertz CT molecular complexity index is 1050. The van der Waals surface area contributed by atoms with Gasteiger partial charge in [-0.1, -0.05) is 51.1 Å². The molecule has 7 nitrogen and oxygen atoms in total. The van der Waals surface area contributed by atoms with Crippen LogP contribution in [0.4, 0.5) is 5.69 Å². The summed E-state index contributed by atoms with van der Waals surface area (Å²) in [7, 11) is -1.23. The number of hydrogen-bond donors (Lipinski definition) is 2. The van der Waals surface area contributed by atoms with Gasteiger partial charge in [0.1, 0.15) is 12.1 Å². The molecule has 0 aliphatic carbocycles. The van der Waals surface area contributed by atoms with Crippen molar-refractivity contribution in [1.29, 1.82) is 0 Å². The largest absolute Gasteiger partial charge is 0.394 e. The van der Waals surface area contributed by atoms with Crippen molar-refractivity contribution in [2.24, 2.45) is 0 Å². The van der Waals surface area contributed by atoms with E-state index in [0.717, 1.165) is 11.1 Å². The molecule has 2 heterocycles. The van der Waals surface area contributed by atoms with Gasteiger partial charge in [0, 0.05) is 16.0 Å². The van der Waals surface area contributed by atoms with Gasteiger partial charge in [-0.25, -0.2) is 0 Å². The summed E-state index contributed by atoms with van der Waals surface area (Å²) in [6, 6.07) is 13.6. The zero-order valence-corrected chi connectivity index (χ0v) is 20.5. The number of aliphatic hydroxyl groups excluding tert-OH is 1. The lowest BCUT2D eigenvalue weighted by Crippen LogP contribution is -2.52. The van der Waals surface area contributed by atoms with Gasteiger partial charge in [0.15, 0.2) is 6.23 Å². The van der Waals surface area contributed by atoms with Crippen LogP contribution in [-0.4, -0.2) is 58.0 Å². The molecule has 0 spiro atoms. The number of anilines is 1. The molecule has 0 saturated carbocycles. The van der Waals surface area contributed by atoms with Crippen LogP contribution in [0, 0.1) is 0 Å². The average molecular weight is 473 g/mol. The van der Waals surface area contributed by atoms with E-state index in [1.165, 1.54) is 4.90 Å². The maximum absolute atomic E-state index is 13.0. The Morgan fingerprint density at radius 1 is 1.18 bits per heavy atom. The van der Waals surface area contributed by atoms with E-state index in [0.29, 0.717) is 17.9 Å². The van der Waals surface area contributed by atoms with E-state index in [9.17, 15) is 14.7 Å². The van der Waals surface area contributed by atoms with Crippen LogP contribution in [-0.2, 0) is 20.3 Å². The molecule has 0 bridgehead atoms. The zero-order valence-electron chi connectivity index (χ0n) is 19.7. The number of aliphatic hydroxyl groups is 1. The second-order valence-electron chi connectivity index (χ2n) is 9.74. The van der Waals surface area contributed by atoms with Gasteiger partial charge >= 0.3 is 0 Å². The van der Waals surface area contributed by atoms with Crippen molar-refractivity contribution >= 4 is 27.8 Å². The smallest absolute Gasteiger partial charge is 0.257 e. The first kappa shape index (κ1) is 23.8. The third-order valence-corrected chi connectivity index (χ3v) is 10.2. The number of nitrogens with zero attached hydrogens (tertiary/aromatic N) is 1. The molecule has 2 unspecified atom stereocenters. The highest BCUT2D eigenvalue weighted by molar-refractivity contribution is 8.29. The summed E-state index contributed by atoms with van der Waals surface area (Å²) in [6.45, 7) is 6.54. The van der Waals surface area contributed by atoms with E-state index in [1.54, 1.807) is 24.3 Å². The molecule has 1 saturated heterocycles. The summed E-state index contributed by atoms with van der Waals surface area (Å²) in [4.78, 5) is 27.3. The molecule has 3 atom stereocenters. The third-order valence-electron chi connectivity index (χ3n) is 6.50. The second-order valence-corrected chi connectivity index (χ2v) is 13.7. The van der Waals surface area contributed by atoms with E-state index in [4.69, 9.17) is 8.92 Å². The molecule has 178 valence electrons. The van der Waals surface area contributed by atoms with Crippen LogP contribution in [0.25, 0.3) is 0 Å². The number of fused-ring (bicyclic) bond motifs is 3. The number of hydrogen-bond acceptors (Lipinski definition) is 5. The van der Waals surface area contributed by atoms with Gasteiger partial charge in [-0.05, 0) is 41.8 Å². The molecule has 1 fully saturated rings. The van der Waals surface area contributed by atoms with Crippen LogP contribution in [0.2, 0.25) is 0 Å². The number of amides is 2. The molecule has 0 radical (unpaired) electrons. The summed E-state index contributed by atoms with van der Waals surface area (Å²) in [5, 5.41) is 12.8. The van der Waals surface area contributed by atoms with Gasteiger partial charge in [0.2, 0.25) is 5.91 Å². The molecule has 33 heavy (non-hydrogen) atoms. The first-order chi connectivity index (χ1) is 15.5. The predicted molar refractivity (Wildman–Crippen MR) is 130 cm³/mol. The Labute approximate surface area is 196 Å². The van der Waals surface area contributed by atoms with E-state index >= 15 is 0 Å². The predicted octanol–water partition coefficient (Wildman–Crippen LogP) is 3.83. The fourth-order valence-corrected chi connectivity index (χ4v) is 4.44. The van der Waals surface area contributed by atoms with Crippen LogP contribution in [0.1, 0.15) is 48.4 Å². The van der Waals surface area contributed by atoms with E-state index in [1.807, 2.05) is 24.3 Å². The molecule has 2 aromatic carbocycles. The first-order valence-electron chi connectivity index (χ1n) is 11.0. The van der Waals surface area contributed by atoms with Gasteiger partial charge in [-0.3, -0.25) is 14.5 Å². The molecule has 2 aliphatic rings. The fraction of sp³-hybridized carbons (Fsp3) is 0.440. The van der Waals surface area contributed by atoms with Crippen LogP contribution in [0.3, 0.4) is 0 Å². The van der Waals surface area contributed by atoms with Crippen molar-refractivity contribution in [2.45, 2.75) is 50.5 Å². The van der Waals surface area contributed by atoms with Crippen molar-refractivity contribution in [1.82, 2.24) is 4.90 Å². The monoisotopic (exact) mass is 472 g/mol. The van der Waals surface area contributed by atoms with Crippen LogP contribution in [0.5, 0.6) is 0 Å². The Morgan fingerprint density at radius 2 is 1.85 bits per heavy atom. The van der Waals surface area contributed by atoms with E-state index in [-0.39, 0.29) is 16.8 Å². The summed E-state index contributed by atoms with van der Waals surface area (Å²) < 4.78 is 11.9. The second kappa shape index (κ2) is 8.76. The molecule has 2 aromatic rings. The number of benzene rings is 2. The van der Waals surface area contributed by atoms with E-state index in [2.05, 4.69) is 38.6 Å². The number of ether oxygens (including phenoxy) is 1. The van der Waals surface area contributed by atoms with E-state index < -0.39 is 35.1 Å². The molecule has 4 rings (SSSR count). The Balaban J connectivity index is 1.41. The van der Waals surface area contributed by atoms with Crippen molar-refractivity contribution < 1.29 is 23.6 Å². The molecule has 2 N–H and O–H groups in total. The number of carbonyl (C=O) groups is 2. The topological polar surface area (TPSA) is 91.4 Å². The normalized spacial score (nSPS) is 21.2. The van der Waals surface area contributed by atoms with Gasteiger partial charge < -0.3 is 19.3 Å². The quantitative estimate of drug-likeness (QED) is 0.598. The van der Waals surface area contributed by atoms with Crippen molar-refractivity contribution in [3.63, 3.8) is 0 Å². The standard InChI is InChI=1S/C25H32N2O5S/c1-25(2,3)33(4,5)31-15-16-10-12-17(13-11-16)26-22(29)20(14-28)27-23(30)19-9-7-6-8-18(19)21-24(27)32-21/h6-13,20-21,24,28H,14-15H2,1-5H3,(H,26,29)/t20-,21?,24?/m0/s1. The maximum Gasteiger partial charge on any atom is 0.257 e. The van der Waals surface area contributed by atoms with Gasteiger partial charge in [0.25, 0.3) is 5.91 Å². The fourth-order valence-electron chi connectivity index (χ4n) is 3.66. The van der Waals surface area contributed by atoms with Gasteiger partial charge in [-0.2, -0.15) is 0 Å². The average Bonchev–Trinajstić information content (AvgIpc) is 3.56. The molecule has 8 heteroatoms. The third kappa shape index (κ3) is 4.66. The summed E-state index contributed by atoms with van der Waals surface area (Å²) >= 11 is 0. The number of carbonyl (C=O) groups excluding carboxylic acids is 2. The molecule has 2 amide bonds. The minimum Gasteiger partial charge on any atom is -0.394 e. The van der Waals surface area contributed by atoms with Crippen molar-refractivity contribution in [3.8, 4) is 0 Å². The molecule has 0 aromatic heterocycles. The van der Waals surface area contributed by atoms with Crippen molar-refractivity contribution in [2.75, 3.05) is 24.4 Å². The number of rotatable bonds is 7. The highest BCUT2D eigenvalue weighted by Crippen LogP contribution is 2.54. The molecule has 2 aliphatic heterocycles. The minimum atomic E-state index is -1.23. The number of nitrogens with one attached hydrogen (secondary N) is 1. The Kier molecular flexibility index (Phi) is 6.30. The molecular formula is C25H32N2O5S. The van der Waals surface area contributed by atoms with Crippen LogP contribution >= 0.6 is 10.3 Å². The lowest BCUT2D eigenvalue weighted by atomic mass is 9.97. The Hall–Kier alpha value is -2.39. The summed E-state index contributed by atoms with van der Waals surface area (Å²) in [6.07, 6.45) is 3.54. The maximum atomic E-state index is 13.0. The first-order valence-corrected chi connectivity index (χ1v) is 13.4. The van der Waals surface area contributed by atoms with Crippen LogP contribution < -0.4 is 5.32 Å². The van der Waals surface area contributed by atoms with Crippen LogP contribution in [0.15, 0.2) is 48.5 Å². The summed E-state index contributed by atoms with van der Waals surface area (Å²) in [5.41, 5.74) is 2.93. The minimum absolute atomic E-state index is 0.0803. The zero-order chi connectivity index (χ0) is 24.0. The molecular weight excluding hydrogens is 440 g/mol. The lowest BCUT2D eigenvalue weighted by molar-refractivity contribution is -0.122. The highest BCUT2D eigenvalue weighted by Gasteiger charge is 2.55. The SMILES string of the molecule is CC(C)(C)S(C)(C)OCc1ccc(NC(=O)[C@H](CO)N2C(=O)c3ccccc3C3OC32)cc1. The van der Waals surface area contributed by atoms with Gasteiger partial charge in [-0.15, -0.1) is 10.3 Å². The van der Waals surface area contributed by atoms with Crippen molar-refractivity contribution in [3.05, 3.63) is 65.2 Å². The number of epoxide rings is 1. The summed E-state index contributed by atoms with van der Waals surface area (Å²) in [5.74, 6) is -0.767. The highest BCUT2D eigenvalue weighted by atomic mass is 32.3. The lowest BCUT2D eigenvalue weighted by Gasteiger charge is -2.43.